The van der Waals surface area contributed by atoms with Gasteiger partial charge in [-0.25, -0.2) is 32.7 Å². The van der Waals surface area contributed by atoms with Crippen molar-refractivity contribution in [2.45, 2.75) is 39.3 Å². The van der Waals surface area contributed by atoms with Crippen LogP contribution in [0, 0.1) is 17.0 Å². The Bertz CT molecular complexity index is 1680. The smallest absolute Gasteiger partial charge is 0.447 e. The zero-order valence-corrected chi connectivity index (χ0v) is 30.0. The summed E-state index contributed by atoms with van der Waals surface area (Å²) in [5.74, 6) is -0.921. The Hall–Kier alpha value is -4.08. The minimum absolute atomic E-state index is 0.0171. The van der Waals surface area contributed by atoms with Crippen LogP contribution >= 0.6 is 19.4 Å². The fourth-order valence-corrected chi connectivity index (χ4v) is 5.49. The number of pyridine rings is 1. The van der Waals surface area contributed by atoms with E-state index in [-0.39, 0.29) is 43.7 Å². The summed E-state index contributed by atoms with van der Waals surface area (Å²) in [6, 6.07) is 8.27. The van der Waals surface area contributed by atoms with Gasteiger partial charge in [0.05, 0.1) is 17.7 Å². The van der Waals surface area contributed by atoms with E-state index in [4.69, 9.17) is 29.9 Å². The van der Waals surface area contributed by atoms with Crippen LogP contribution in [0.1, 0.15) is 32.3 Å². The van der Waals surface area contributed by atoms with Crippen LogP contribution in [-0.2, 0) is 29.4 Å². The third-order valence-electron chi connectivity index (χ3n) is 7.44. The number of hydrogen-bond acceptors (Lipinski definition) is 9. The summed E-state index contributed by atoms with van der Waals surface area (Å²) in [6.45, 7) is 3.67. The quantitative estimate of drug-likeness (QED) is 0.0897. The van der Waals surface area contributed by atoms with E-state index in [1.807, 2.05) is 0 Å². The van der Waals surface area contributed by atoms with Crippen LogP contribution in [0.25, 0.3) is 10.8 Å². The first-order valence-electron chi connectivity index (χ1n) is 15.5. The van der Waals surface area contributed by atoms with Crippen molar-refractivity contribution in [3.63, 3.8) is 0 Å². The lowest BCUT2D eigenvalue weighted by Crippen LogP contribution is -2.46. The second-order valence-electron chi connectivity index (χ2n) is 11.9. The third-order valence-corrected chi connectivity index (χ3v) is 9.20. The molecule has 3 rings (SSSR count). The van der Waals surface area contributed by atoms with Crippen LogP contribution in [0.5, 0.6) is 0 Å². The Morgan fingerprint density at radius 1 is 1.04 bits per heavy atom. The lowest BCUT2D eigenvalue weighted by Gasteiger charge is -2.28. The zero-order valence-electron chi connectivity index (χ0n) is 28.4. The number of phosphoric ester groups is 1. The highest BCUT2D eigenvalue weighted by atomic mass is 35.5. The molecule has 274 valence electrons. The van der Waals surface area contributed by atoms with Crippen LogP contribution in [-0.4, -0.2) is 81.7 Å². The zero-order chi connectivity index (χ0) is 36.9. The van der Waals surface area contributed by atoms with Gasteiger partial charge in [0.15, 0.2) is 0 Å². The predicted octanol–water partition coefficient (Wildman–Crippen LogP) is 6.45. The molecule has 0 aliphatic heterocycles. The summed E-state index contributed by atoms with van der Waals surface area (Å²) in [5, 5.41) is 11.7. The number of benzene rings is 2. The number of fused-ring (bicyclic) bond motifs is 1. The van der Waals surface area contributed by atoms with Crippen molar-refractivity contribution in [3.05, 3.63) is 70.9 Å². The highest BCUT2D eigenvalue weighted by Crippen LogP contribution is 2.48. The lowest BCUT2D eigenvalue weighted by atomic mass is 9.95. The molecule has 0 bridgehead atoms. The fraction of sp³-hybridized carbons (Fsp3) is 0.438. The van der Waals surface area contributed by atoms with Crippen molar-refractivity contribution in [2.24, 2.45) is 5.41 Å². The summed E-state index contributed by atoms with van der Waals surface area (Å²) < 4.78 is 59.9. The van der Waals surface area contributed by atoms with Crippen molar-refractivity contribution in [2.75, 3.05) is 52.9 Å². The monoisotopic (exact) mass is 742 g/mol. The molecular formula is C32H42ClF2N6O8P. The van der Waals surface area contributed by atoms with E-state index >= 15 is 0 Å². The number of rotatable bonds is 17. The molecule has 50 heavy (non-hydrogen) atoms. The van der Waals surface area contributed by atoms with E-state index in [0.717, 1.165) is 0 Å². The highest BCUT2D eigenvalue weighted by Gasteiger charge is 2.29. The number of nitrogens with zero attached hydrogens (tertiary/aromatic N) is 2. The lowest BCUT2D eigenvalue weighted by molar-refractivity contribution is 0.105. The Morgan fingerprint density at radius 3 is 2.50 bits per heavy atom. The van der Waals surface area contributed by atoms with Crippen molar-refractivity contribution >= 4 is 54.2 Å². The highest BCUT2D eigenvalue weighted by molar-refractivity contribution is 7.48. The van der Waals surface area contributed by atoms with Crippen LogP contribution in [0.4, 0.5) is 29.0 Å². The number of ether oxygens (including phenoxy) is 1. The molecule has 4 N–H and O–H groups in total. The molecule has 0 radical (unpaired) electrons. The van der Waals surface area contributed by atoms with E-state index in [9.17, 15) is 27.7 Å². The van der Waals surface area contributed by atoms with Gasteiger partial charge in [0.25, 0.3) is 0 Å². The molecule has 1 atom stereocenters. The number of likely N-dealkylation sites (N-methyl/N-ethyl adjacent to an activating group) is 1. The molecular weight excluding hydrogens is 701 g/mol. The van der Waals surface area contributed by atoms with Crippen LogP contribution in [0.2, 0.25) is 5.02 Å². The average molecular weight is 743 g/mol. The number of urea groups is 2. The van der Waals surface area contributed by atoms with Crippen molar-refractivity contribution in [1.29, 1.82) is 0 Å². The van der Waals surface area contributed by atoms with Gasteiger partial charge >= 0.3 is 26.0 Å². The van der Waals surface area contributed by atoms with Gasteiger partial charge in [-0.2, -0.15) is 0 Å². The van der Waals surface area contributed by atoms with Gasteiger partial charge < -0.3 is 25.6 Å². The van der Waals surface area contributed by atoms with Crippen LogP contribution in [0.15, 0.2) is 48.7 Å². The molecule has 5 amide bonds. The largest absolute Gasteiger partial charge is 0.474 e. The van der Waals surface area contributed by atoms with Crippen LogP contribution < -0.4 is 21.3 Å². The minimum Gasteiger partial charge on any atom is -0.447 e. The number of carbonyl (C=O) groups is 3. The van der Waals surface area contributed by atoms with Gasteiger partial charge in [0, 0.05) is 57.9 Å². The Morgan fingerprint density at radius 2 is 1.78 bits per heavy atom. The standard InChI is InChI=1S/C32H42ClF2N6O8P/c1-32(2,20-49-50(45,46-4)47-5)19-39-29(42)36-13-7-9-25(41(3)30(43)38-17-22-8-6-10-26(35)28(22)33)18-48-31(44)40-27-15-23-14-24(34)12-11-21(23)16-37-27/h6,8,10-12,14-16,25H,7,9,13,17-20H2,1-5H3,(H,38,43)(H2,36,39,42)(H,37,40,44)/t25-/m0/s1. The van der Waals surface area contributed by atoms with E-state index in [0.29, 0.717) is 29.2 Å². The number of amides is 5. The number of nitrogens with one attached hydrogen (secondary N) is 4. The summed E-state index contributed by atoms with van der Waals surface area (Å²) in [4.78, 5) is 43.7. The number of carbonyl (C=O) groups excluding carboxylic acids is 3. The normalized spacial score (nSPS) is 12.2. The first-order chi connectivity index (χ1) is 23.6. The van der Waals surface area contributed by atoms with Gasteiger partial charge in [-0.05, 0) is 54.1 Å². The topological polar surface area (TPSA) is 169 Å². The number of hydrogen-bond donors (Lipinski definition) is 4. The first kappa shape index (κ1) is 40.4. The Kier molecular flexibility index (Phi) is 15.2. The molecule has 1 aromatic heterocycles. The van der Waals surface area contributed by atoms with Gasteiger partial charge in [0.1, 0.15) is 24.1 Å². The number of phosphoric acid groups is 1. The Balaban J connectivity index is 1.56. The molecule has 14 nitrogen and oxygen atoms in total. The SMILES string of the molecule is COP(=O)(OC)OCC(C)(C)CNC(=O)NCCC[C@@H](COC(=O)Nc1cc2cc(F)ccc2cn1)N(C)C(=O)NCc1cccc(F)c1Cl. The fourth-order valence-electron chi connectivity index (χ4n) is 4.43. The molecule has 0 aliphatic carbocycles. The number of aromatic nitrogens is 1. The maximum Gasteiger partial charge on any atom is 0.474 e. The van der Waals surface area contributed by atoms with E-state index in [2.05, 4.69) is 26.3 Å². The summed E-state index contributed by atoms with van der Waals surface area (Å²) in [5.41, 5.74) is -0.239. The second kappa shape index (κ2) is 18.8. The summed E-state index contributed by atoms with van der Waals surface area (Å²) in [7, 11) is 0.242. The predicted molar refractivity (Wildman–Crippen MR) is 184 cm³/mol. The van der Waals surface area contributed by atoms with Gasteiger partial charge in [-0.3, -0.25) is 18.9 Å². The third kappa shape index (κ3) is 12.7. The van der Waals surface area contributed by atoms with Gasteiger partial charge in [-0.1, -0.05) is 37.6 Å². The van der Waals surface area contributed by atoms with Crippen molar-refractivity contribution in [3.8, 4) is 0 Å². The minimum atomic E-state index is -3.67. The Labute approximate surface area is 294 Å². The summed E-state index contributed by atoms with van der Waals surface area (Å²) >= 11 is 6.02. The van der Waals surface area contributed by atoms with E-state index < -0.39 is 49.1 Å². The van der Waals surface area contributed by atoms with E-state index in [1.54, 1.807) is 26.0 Å². The molecule has 0 spiro atoms. The van der Waals surface area contributed by atoms with E-state index in [1.165, 1.54) is 62.7 Å². The van der Waals surface area contributed by atoms with Crippen molar-refractivity contribution < 1.29 is 46.0 Å². The maximum atomic E-state index is 13.9. The second-order valence-corrected chi connectivity index (χ2v) is 14.2. The molecule has 0 unspecified atom stereocenters. The van der Waals surface area contributed by atoms with Gasteiger partial charge in [-0.15, -0.1) is 0 Å². The molecule has 18 heteroatoms. The van der Waals surface area contributed by atoms with Crippen molar-refractivity contribution in [1.82, 2.24) is 25.8 Å². The maximum absolute atomic E-state index is 13.9. The molecule has 0 saturated carbocycles. The molecule has 1 heterocycles. The number of halogens is 3. The average Bonchev–Trinajstić information content (AvgIpc) is 3.09. The molecule has 0 fully saturated rings. The molecule has 0 saturated heterocycles. The number of anilines is 1. The molecule has 2 aromatic carbocycles. The molecule has 3 aromatic rings. The first-order valence-corrected chi connectivity index (χ1v) is 17.3. The van der Waals surface area contributed by atoms with Gasteiger partial charge in [0.2, 0.25) is 0 Å². The molecule has 0 aliphatic rings. The van der Waals surface area contributed by atoms with Crippen LogP contribution in [0.3, 0.4) is 0 Å². The summed E-state index contributed by atoms with van der Waals surface area (Å²) in [6.07, 6.45) is 1.31.